The second-order valence-electron chi connectivity index (χ2n) is 3.91. The van der Waals surface area contributed by atoms with Crippen molar-refractivity contribution in [3.63, 3.8) is 0 Å². The maximum absolute atomic E-state index is 13.2. The van der Waals surface area contributed by atoms with Crippen LogP contribution in [0, 0.1) is 17.1 Å². The highest BCUT2D eigenvalue weighted by molar-refractivity contribution is 6.31. The van der Waals surface area contributed by atoms with Gasteiger partial charge in [-0.1, -0.05) is 11.6 Å². The number of nitrogens with zero attached hydrogens (tertiary/aromatic N) is 4. The van der Waals surface area contributed by atoms with Crippen molar-refractivity contribution < 1.29 is 4.39 Å². The average Bonchev–Trinajstić information content (AvgIpc) is 2.84. The molecule has 0 amide bonds. The first-order chi connectivity index (χ1) is 9.19. The molecular weight excluding hydrogens is 267 g/mol. The summed E-state index contributed by atoms with van der Waals surface area (Å²) in [7, 11) is 0. The minimum absolute atomic E-state index is 0.0192. The van der Waals surface area contributed by atoms with Crippen LogP contribution < -0.4 is 0 Å². The molecule has 92 valence electrons. The van der Waals surface area contributed by atoms with Crippen LogP contribution in [0.3, 0.4) is 0 Å². The van der Waals surface area contributed by atoms with Gasteiger partial charge >= 0.3 is 0 Å². The average molecular weight is 273 g/mol. The lowest BCUT2D eigenvalue weighted by Crippen LogP contribution is -1.91. The molecule has 0 saturated carbocycles. The molecule has 0 aliphatic heterocycles. The van der Waals surface area contributed by atoms with E-state index in [-0.39, 0.29) is 5.02 Å². The monoisotopic (exact) mass is 272 g/mol. The molecule has 3 rings (SSSR count). The lowest BCUT2D eigenvalue weighted by molar-refractivity contribution is 0.628. The van der Waals surface area contributed by atoms with Gasteiger partial charge in [0.25, 0.3) is 0 Å². The number of hydrogen-bond acceptors (Lipinski definition) is 3. The SMILES string of the molecule is N#Cc1ccc2nnc(-c3ccc(F)c(Cl)c3)n2c1. The van der Waals surface area contributed by atoms with Gasteiger partial charge in [-0.25, -0.2) is 4.39 Å². The predicted molar refractivity (Wildman–Crippen MR) is 68.1 cm³/mol. The van der Waals surface area contributed by atoms with Gasteiger partial charge in [0.2, 0.25) is 0 Å². The summed E-state index contributed by atoms with van der Waals surface area (Å²) in [6.45, 7) is 0. The zero-order valence-corrected chi connectivity index (χ0v) is 10.3. The van der Waals surface area contributed by atoms with Crippen molar-refractivity contribution in [3.8, 4) is 17.5 Å². The summed E-state index contributed by atoms with van der Waals surface area (Å²) < 4.78 is 14.8. The van der Waals surface area contributed by atoms with E-state index in [0.29, 0.717) is 22.6 Å². The van der Waals surface area contributed by atoms with Crippen molar-refractivity contribution in [1.82, 2.24) is 14.6 Å². The zero-order chi connectivity index (χ0) is 13.4. The van der Waals surface area contributed by atoms with Crippen LogP contribution in [0.15, 0.2) is 36.5 Å². The van der Waals surface area contributed by atoms with Crippen LogP contribution in [0.2, 0.25) is 5.02 Å². The third-order valence-electron chi connectivity index (χ3n) is 2.71. The van der Waals surface area contributed by atoms with Gasteiger partial charge in [0.15, 0.2) is 11.5 Å². The molecule has 0 atom stereocenters. The highest BCUT2D eigenvalue weighted by Gasteiger charge is 2.10. The van der Waals surface area contributed by atoms with E-state index in [0.717, 1.165) is 0 Å². The number of rotatable bonds is 1. The summed E-state index contributed by atoms with van der Waals surface area (Å²) in [6, 6.07) is 9.71. The molecular formula is C13H6ClFN4. The molecule has 0 N–H and O–H groups in total. The summed E-state index contributed by atoms with van der Waals surface area (Å²) in [5, 5.41) is 16.9. The molecule has 0 aliphatic rings. The molecule has 0 aliphatic carbocycles. The molecule has 2 heterocycles. The Balaban J connectivity index is 2.24. The number of pyridine rings is 1. The Morgan fingerprint density at radius 1 is 1.21 bits per heavy atom. The fraction of sp³-hybridized carbons (Fsp3) is 0. The van der Waals surface area contributed by atoms with Crippen LogP contribution in [-0.2, 0) is 0 Å². The molecule has 19 heavy (non-hydrogen) atoms. The van der Waals surface area contributed by atoms with Crippen molar-refractivity contribution in [2.75, 3.05) is 0 Å². The molecule has 0 radical (unpaired) electrons. The summed E-state index contributed by atoms with van der Waals surface area (Å²) in [6.07, 6.45) is 1.63. The van der Waals surface area contributed by atoms with E-state index in [1.54, 1.807) is 28.8 Å². The Hall–Kier alpha value is -2.45. The summed E-state index contributed by atoms with van der Waals surface area (Å²) in [4.78, 5) is 0. The summed E-state index contributed by atoms with van der Waals surface area (Å²) >= 11 is 5.76. The van der Waals surface area contributed by atoms with Crippen LogP contribution in [-0.4, -0.2) is 14.6 Å². The first-order valence-corrected chi connectivity index (χ1v) is 5.77. The minimum atomic E-state index is -0.489. The zero-order valence-electron chi connectivity index (χ0n) is 9.51. The molecule has 0 unspecified atom stereocenters. The molecule has 3 aromatic rings. The maximum atomic E-state index is 13.2. The van der Waals surface area contributed by atoms with Crippen LogP contribution >= 0.6 is 11.6 Å². The number of aromatic nitrogens is 3. The van der Waals surface area contributed by atoms with Gasteiger partial charge in [0.1, 0.15) is 11.9 Å². The molecule has 6 heteroatoms. The second kappa shape index (κ2) is 4.34. The van der Waals surface area contributed by atoms with Crippen molar-refractivity contribution in [2.24, 2.45) is 0 Å². The molecule has 0 spiro atoms. The van der Waals surface area contributed by atoms with Gasteiger partial charge in [0, 0.05) is 11.8 Å². The van der Waals surface area contributed by atoms with Crippen LogP contribution in [0.25, 0.3) is 17.0 Å². The van der Waals surface area contributed by atoms with Gasteiger partial charge < -0.3 is 0 Å². The smallest absolute Gasteiger partial charge is 0.168 e. The van der Waals surface area contributed by atoms with Gasteiger partial charge in [-0.15, -0.1) is 10.2 Å². The first-order valence-electron chi connectivity index (χ1n) is 5.39. The van der Waals surface area contributed by atoms with E-state index in [1.165, 1.54) is 12.1 Å². The Kier molecular flexibility index (Phi) is 2.65. The normalized spacial score (nSPS) is 10.6. The fourth-order valence-electron chi connectivity index (χ4n) is 1.79. The Bertz CT molecular complexity index is 819. The van der Waals surface area contributed by atoms with Gasteiger partial charge in [-0.3, -0.25) is 4.40 Å². The number of fused-ring (bicyclic) bond motifs is 1. The fourth-order valence-corrected chi connectivity index (χ4v) is 1.97. The molecule has 0 saturated heterocycles. The first kappa shape index (κ1) is 11.6. The summed E-state index contributed by atoms with van der Waals surface area (Å²) in [5.41, 5.74) is 1.73. The lowest BCUT2D eigenvalue weighted by Gasteiger charge is -2.01. The highest BCUT2D eigenvalue weighted by atomic mass is 35.5. The van der Waals surface area contributed by atoms with E-state index in [2.05, 4.69) is 10.2 Å². The summed E-state index contributed by atoms with van der Waals surface area (Å²) in [5.74, 6) is 0.0194. The van der Waals surface area contributed by atoms with Gasteiger partial charge in [0.05, 0.1) is 10.6 Å². The number of nitriles is 1. The van der Waals surface area contributed by atoms with Crippen LogP contribution in [0.1, 0.15) is 5.56 Å². The van der Waals surface area contributed by atoms with E-state index in [1.807, 2.05) is 6.07 Å². The quantitative estimate of drug-likeness (QED) is 0.684. The predicted octanol–water partition coefficient (Wildman–Crippen LogP) is 3.06. The lowest BCUT2D eigenvalue weighted by atomic mass is 10.2. The van der Waals surface area contributed by atoms with E-state index < -0.39 is 5.82 Å². The van der Waals surface area contributed by atoms with Crippen molar-refractivity contribution in [2.45, 2.75) is 0 Å². The minimum Gasteiger partial charge on any atom is -0.281 e. The number of hydrogen-bond donors (Lipinski definition) is 0. The standard InChI is InChI=1S/C13H6ClFN4/c14-10-5-9(2-3-11(10)15)13-18-17-12-4-1-8(6-16)7-19(12)13/h1-5,7H. The number of halogens is 2. The van der Waals surface area contributed by atoms with E-state index >= 15 is 0 Å². The number of benzene rings is 1. The third kappa shape index (κ3) is 1.92. The van der Waals surface area contributed by atoms with Crippen molar-refractivity contribution in [1.29, 1.82) is 5.26 Å². The second-order valence-corrected chi connectivity index (χ2v) is 4.32. The van der Waals surface area contributed by atoms with Crippen LogP contribution in [0.4, 0.5) is 4.39 Å². The molecule has 0 fully saturated rings. The largest absolute Gasteiger partial charge is 0.281 e. The van der Waals surface area contributed by atoms with Gasteiger partial charge in [-0.05, 0) is 30.3 Å². The van der Waals surface area contributed by atoms with Gasteiger partial charge in [-0.2, -0.15) is 5.26 Å². The molecule has 1 aromatic carbocycles. The Labute approximate surface area is 112 Å². The molecule has 2 aromatic heterocycles. The van der Waals surface area contributed by atoms with Crippen molar-refractivity contribution >= 4 is 17.2 Å². The Morgan fingerprint density at radius 3 is 2.79 bits per heavy atom. The molecule has 4 nitrogen and oxygen atoms in total. The molecule has 0 bridgehead atoms. The van der Waals surface area contributed by atoms with Crippen LogP contribution in [0.5, 0.6) is 0 Å². The topological polar surface area (TPSA) is 54.0 Å². The highest BCUT2D eigenvalue weighted by Crippen LogP contribution is 2.24. The van der Waals surface area contributed by atoms with E-state index in [9.17, 15) is 4.39 Å². The Morgan fingerprint density at radius 2 is 2.05 bits per heavy atom. The maximum Gasteiger partial charge on any atom is 0.168 e. The van der Waals surface area contributed by atoms with E-state index in [4.69, 9.17) is 16.9 Å². The third-order valence-corrected chi connectivity index (χ3v) is 3.00. The van der Waals surface area contributed by atoms with Crippen molar-refractivity contribution in [3.05, 3.63) is 52.9 Å².